The minimum Gasteiger partial charge on any atom is -0.459 e. The average Bonchev–Trinajstić information content (AvgIpc) is 2.63. The molecule has 0 amide bonds. The van der Waals surface area contributed by atoms with Gasteiger partial charge in [0.1, 0.15) is 16.4 Å². The van der Waals surface area contributed by atoms with Crippen molar-refractivity contribution in [3.8, 4) is 11.1 Å². The van der Waals surface area contributed by atoms with Crippen molar-refractivity contribution >= 4 is 22.3 Å². The number of esters is 1. The third-order valence-electron chi connectivity index (χ3n) is 2.77. The quantitative estimate of drug-likeness (QED) is 0.870. The molecule has 0 aliphatic heterocycles. The number of nitrogens with two attached hydrogens (primary N) is 1. The molecule has 1 aromatic heterocycles. The topological polar surface area (TPSA) is 52.3 Å². The second-order valence-corrected chi connectivity index (χ2v) is 5.99. The Morgan fingerprint density at radius 3 is 2.70 bits per heavy atom. The zero-order valence-corrected chi connectivity index (χ0v) is 12.4. The molecule has 0 saturated heterocycles. The molecule has 2 aromatic rings. The Hall–Kier alpha value is -1.88. The molecule has 1 heterocycles. The lowest BCUT2D eigenvalue weighted by molar-refractivity contribution is 0.0380. The smallest absolute Gasteiger partial charge is 0.342 e. The second kappa shape index (κ2) is 5.63. The Morgan fingerprint density at radius 2 is 2.10 bits per heavy atom. The average molecular weight is 293 g/mol. The van der Waals surface area contributed by atoms with Gasteiger partial charge in [-0.25, -0.2) is 9.18 Å². The van der Waals surface area contributed by atoms with Gasteiger partial charge in [-0.3, -0.25) is 0 Å². The van der Waals surface area contributed by atoms with E-state index in [2.05, 4.69) is 0 Å². The summed E-state index contributed by atoms with van der Waals surface area (Å²) >= 11 is 1.31. The minimum atomic E-state index is -0.471. The van der Waals surface area contributed by atoms with Gasteiger partial charge in [-0.05, 0) is 38.5 Å². The fourth-order valence-corrected chi connectivity index (χ4v) is 2.97. The van der Waals surface area contributed by atoms with E-state index in [0.717, 1.165) is 4.88 Å². The maximum atomic E-state index is 13.4. The standard InChI is InChI=1S/C15H16FNO2S/c1-8(2)19-15(18)13-12(9(3)20-14(13)17)10-5-4-6-11(16)7-10/h4-8H,17H2,1-3H3. The van der Waals surface area contributed by atoms with Crippen LogP contribution in [0.3, 0.4) is 0 Å². The van der Waals surface area contributed by atoms with Crippen molar-refractivity contribution in [1.29, 1.82) is 0 Å². The summed E-state index contributed by atoms with van der Waals surface area (Å²) in [7, 11) is 0. The van der Waals surface area contributed by atoms with Crippen LogP contribution in [-0.2, 0) is 4.74 Å². The molecule has 5 heteroatoms. The van der Waals surface area contributed by atoms with Crippen LogP contribution in [0.15, 0.2) is 24.3 Å². The van der Waals surface area contributed by atoms with Crippen molar-refractivity contribution in [3.63, 3.8) is 0 Å². The Balaban J connectivity index is 2.56. The molecule has 0 atom stereocenters. The number of benzene rings is 1. The highest BCUT2D eigenvalue weighted by Gasteiger charge is 2.23. The summed E-state index contributed by atoms with van der Waals surface area (Å²) in [5.41, 5.74) is 7.53. The van der Waals surface area contributed by atoms with Crippen LogP contribution >= 0.6 is 11.3 Å². The van der Waals surface area contributed by atoms with Gasteiger partial charge in [0, 0.05) is 10.4 Å². The number of anilines is 1. The molecule has 0 aliphatic carbocycles. The van der Waals surface area contributed by atoms with Crippen LogP contribution in [0.25, 0.3) is 11.1 Å². The van der Waals surface area contributed by atoms with Crippen molar-refractivity contribution in [2.24, 2.45) is 0 Å². The number of thiophene rings is 1. The maximum absolute atomic E-state index is 13.4. The number of nitrogen functional groups attached to an aromatic ring is 1. The highest BCUT2D eigenvalue weighted by molar-refractivity contribution is 7.16. The summed E-state index contributed by atoms with van der Waals surface area (Å²) < 4.78 is 18.6. The summed E-state index contributed by atoms with van der Waals surface area (Å²) in [6.07, 6.45) is -0.234. The molecule has 0 bridgehead atoms. The molecule has 2 N–H and O–H groups in total. The van der Waals surface area contributed by atoms with Crippen molar-refractivity contribution in [1.82, 2.24) is 0 Å². The van der Waals surface area contributed by atoms with Gasteiger partial charge >= 0.3 is 5.97 Å². The Kier molecular flexibility index (Phi) is 4.09. The van der Waals surface area contributed by atoms with E-state index in [0.29, 0.717) is 21.7 Å². The summed E-state index contributed by atoms with van der Waals surface area (Å²) in [6.45, 7) is 5.40. The van der Waals surface area contributed by atoms with E-state index in [1.54, 1.807) is 26.0 Å². The summed E-state index contributed by atoms with van der Waals surface area (Å²) in [5.74, 6) is -0.823. The molecule has 2 rings (SSSR count). The number of ether oxygens (including phenoxy) is 1. The predicted octanol–water partition coefficient (Wildman–Crippen LogP) is 4.01. The molecule has 0 spiro atoms. The monoisotopic (exact) mass is 293 g/mol. The largest absolute Gasteiger partial charge is 0.459 e. The van der Waals surface area contributed by atoms with Crippen LogP contribution in [0.1, 0.15) is 29.1 Å². The van der Waals surface area contributed by atoms with Gasteiger partial charge in [0.25, 0.3) is 0 Å². The van der Waals surface area contributed by atoms with E-state index in [-0.39, 0.29) is 11.9 Å². The van der Waals surface area contributed by atoms with E-state index >= 15 is 0 Å². The highest BCUT2D eigenvalue weighted by atomic mass is 32.1. The van der Waals surface area contributed by atoms with Crippen LogP contribution in [0.5, 0.6) is 0 Å². The number of hydrogen-bond donors (Lipinski definition) is 1. The number of carbonyl (C=O) groups is 1. The maximum Gasteiger partial charge on any atom is 0.342 e. The van der Waals surface area contributed by atoms with Gasteiger partial charge < -0.3 is 10.5 Å². The molecule has 20 heavy (non-hydrogen) atoms. The molecule has 1 aromatic carbocycles. The molecule has 0 unspecified atom stereocenters. The van der Waals surface area contributed by atoms with Gasteiger partial charge in [-0.15, -0.1) is 11.3 Å². The van der Waals surface area contributed by atoms with E-state index in [9.17, 15) is 9.18 Å². The lowest BCUT2D eigenvalue weighted by Crippen LogP contribution is -2.13. The van der Waals surface area contributed by atoms with Gasteiger partial charge in [0.15, 0.2) is 0 Å². The molecular formula is C15H16FNO2S. The third kappa shape index (κ3) is 2.82. The Labute approximate surface area is 121 Å². The predicted molar refractivity (Wildman–Crippen MR) is 79.4 cm³/mol. The molecule has 0 fully saturated rings. The van der Waals surface area contributed by atoms with E-state index in [1.165, 1.54) is 23.5 Å². The third-order valence-corrected chi connectivity index (χ3v) is 3.71. The van der Waals surface area contributed by atoms with Crippen molar-refractivity contribution in [3.05, 3.63) is 40.5 Å². The van der Waals surface area contributed by atoms with E-state index in [4.69, 9.17) is 10.5 Å². The number of aryl methyl sites for hydroxylation is 1. The second-order valence-electron chi connectivity index (χ2n) is 4.74. The summed E-state index contributed by atoms with van der Waals surface area (Å²) in [4.78, 5) is 13.0. The Bertz CT molecular complexity index is 649. The first-order chi connectivity index (χ1) is 9.40. The van der Waals surface area contributed by atoms with Crippen molar-refractivity contribution in [2.45, 2.75) is 26.9 Å². The molecule has 0 aliphatic rings. The van der Waals surface area contributed by atoms with Crippen LogP contribution in [0, 0.1) is 12.7 Å². The minimum absolute atomic E-state index is 0.234. The van der Waals surface area contributed by atoms with Crippen LogP contribution in [0.2, 0.25) is 0 Å². The number of carbonyl (C=O) groups excluding carboxylic acids is 1. The van der Waals surface area contributed by atoms with E-state index in [1.807, 2.05) is 6.92 Å². The molecular weight excluding hydrogens is 277 g/mol. The van der Waals surface area contributed by atoms with Crippen molar-refractivity contribution < 1.29 is 13.9 Å². The normalized spacial score (nSPS) is 10.8. The summed E-state index contributed by atoms with van der Waals surface area (Å²) in [5, 5.41) is 0.396. The first-order valence-corrected chi connectivity index (χ1v) is 7.07. The zero-order chi connectivity index (χ0) is 14.9. The van der Waals surface area contributed by atoms with Crippen LogP contribution in [-0.4, -0.2) is 12.1 Å². The van der Waals surface area contributed by atoms with E-state index < -0.39 is 5.97 Å². The fraction of sp³-hybridized carbons (Fsp3) is 0.267. The molecule has 0 saturated carbocycles. The highest BCUT2D eigenvalue weighted by Crippen LogP contribution is 2.38. The fourth-order valence-electron chi connectivity index (χ4n) is 2.03. The van der Waals surface area contributed by atoms with Gasteiger partial charge in [0.2, 0.25) is 0 Å². The molecule has 106 valence electrons. The number of hydrogen-bond acceptors (Lipinski definition) is 4. The zero-order valence-electron chi connectivity index (χ0n) is 11.6. The first kappa shape index (κ1) is 14.5. The van der Waals surface area contributed by atoms with Crippen LogP contribution in [0.4, 0.5) is 9.39 Å². The van der Waals surface area contributed by atoms with Crippen molar-refractivity contribution in [2.75, 3.05) is 5.73 Å². The van der Waals surface area contributed by atoms with Gasteiger partial charge in [-0.2, -0.15) is 0 Å². The Morgan fingerprint density at radius 1 is 1.40 bits per heavy atom. The van der Waals surface area contributed by atoms with Crippen LogP contribution < -0.4 is 5.73 Å². The number of rotatable bonds is 3. The molecule has 0 radical (unpaired) electrons. The van der Waals surface area contributed by atoms with Gasteiger partial charge in [-0.1, -0.05) is 12.1 Å². The lowest BCUT2D eigenvalue weighted by atomic mass is 10.0. The number of halogens is 1. The summed E-state index contributed by atoms with van der Waals surface area (Å²) in [6, 6.07) is 6.11. The lowest BCUT2D eigenvalue weighted by Gasteiger charge is -2.10. The van der Waals surface area contributed by atoms with Gasteiger partial charge in [0.05, 0.1) is 6.10 Å². The first-order valence-electron chi connectivity index (χ1n) is 6.26. The molecule has 3 nitrogen and oxygen atoms in total. The SMILES string of the molecule is Cc1sc(N)c(C(=O)OC(C)C)c1-c1cccc(F)c1.